The molecule has 53 heavy (non-hydrogen) atoms. The van der Waals surface area contributed by atoms with Crippen LogP contribution in [0.25, 0.3) is 88.8 Å². The van der Waals surface area contributed by atoms with Gasteiger partial charge in [0, 0.05) is 22.1 Å². The van der Waals surface area contributed by atoms with Gasteiger partial charge in [0.15, 0.2) is 5.82 Å². The Morgan fingerprint density at radius 2 is 0.887 bits per heavy atom. The quantitative estimate of drug-likeness (QED) is 0.181. The van der Waals surface area contributed by atoms with E-state index in [0.717, 1.165) is 33.5 Å². The summed E-state index contributed by atoms with van der Waals surface area (Å²) >= 11 is 0. The first kappa shape index (κ1) is 31.1. The third kappa shape index (κ3) is 5.26. The first-order chi connectivity index (χ1) is 26.0. The zero-order valence-electron chi connectivity index (χ0n) is 29.7. The topological polar surface area (TPSA) is 25.8 Å². The van der Waals surface area contributed by atoms with Gasteiger partial charge in [-0.15, -0.1) is 0 Å². The van der Waals surface area contributed by atoms with E-state index in [1.54, 1.807) is 0 Å². The number of hydrogen-bond donors (Lipinski definition) is 0. The monoisotopic (exact) mass is 676 g/mol. The molecule has 0 fully saturated rings. The lowest BCUT2D eigenvalue weighted by atomic mass is 9.81. The molecular formula is C51H36N2. The molecule has 9 aromatic rings. The molecule has 0 aliphatic heterocycles. The van der Waals surface area contributed by atoms with E-state index in [2.05, 4.69) is 196 Å². The van der Waals surface area contributed by atoms with Gasteiger partial charge in [0.1, 0.15) is 0 Å². The summed E-state index contributed by atoms with van der Waals surface area (Å²) in [7, 11) is 0. The average Bonchev–Trinajstić information content (AvgIpc) is 3.45. The van der Waals surface area contributed by atoms with Gasteiger partial charge in [-0.2, -0.15) is 0 Å². The van der Waals surface area contributed by atoms with E-state index in [1.807, 2.05) is 0 Å². The van der Waals surface area contributed by atoms with Gasteiger partial charge in [0.2, 0.25) is 0 Å². The molecule has 10 rings (SSSR count). The summed E-state index contributed by atoms with van der Waals surface area (Å²) in [5.41, 5.74) is 15.1. The van der Waals surface area contributed by atoms with Crippen LogP contribution in [0.4, 0.5) is 0 Å². The number of aromatic nitrogens is 2. The van der Waals surface area contributed by atoms with Crippen molar-refractivity contribution in [2.45, 2.75) is 19.3 Å². The van der Waals surface area contributed by atoms with Crippen molar-refractivity contribution < 1.29 is 0 Å². The minimum absolute atomic E-state index is 0.0651. The summed E-state index contributed by atoms with van der Waals surface area (Å²) in [6, 6.07) is 65.4. The van der Waals surface area contributed by atoms with E-state index in [1.165, 1.54) is 60.7 Å². The van der Waals surface area contributed by atoms with Crippen LogP contribution < -0.4 is 0 Å². The predicted octanol–water partition coefficient (Wildman–Crippen LogP) is 13.4. The maximum Gasteiger partial charge on any atom is 0.161 e. The van der Waals surface area contributed by atoms with Gasteiger partial charge in [-0.1, -0.05) is 172 Å². The summed E-state index contributed by atoms with van der Waals surface area (Å²) < 4.78 is 0. The highest BCUT2D eigenvalue weighted by Crippen LogP contribution is 2.50. The Labute approximate surface area is 310 Å². The van der Waals surface area contributed by atoms with Gasteiger partial charge in [-0.05, 0) is 90.3 Å². The third-order valence-corrected chi connectivity index (χ3v) is 11.1. The van der Waals surface area contributed by atoms with E-state index in [9.17, 15) is 0 Å². The van der Waals surface area contributed by atoms with Crippen molar-refractivity contribution in [1.29, 1.82) is 0 Å². The van der Waals surface area contributed by atoms with Crippen molar-refractivity contribution in [2.75, 3.05) is 0 Å². The molecule has 2 nitrogen and oxygen atoms in total. The van der Waals surface area contributed by atoms with Crippen molar-refractivity contribution in [3.63, 3.8) is 0 Å². The number of fused-ring (bicyclic) bond motifs is 5. The molecular weight excluding hydrogens is 641 g/mol. The Morgan fingerprint density at radius 1 is 0.340 bits per heavy atom. The number of hydrogen-bond acceptors (Lipinski definition) is 2. The summed E-state index contributed by atoms with van der Waals surface area (Å²) in [4.78, 5) is 10.6. The number of nitrogens with zero attached hydrogens (tertiary/aromatic N) is 2. The average molecular weight is 677 g/mol. The maximum atomic E-state index is 5.30. The van der Waals surface area contributed by atoms with E-state index < -0.39 is 0 Å². The molecule has 1 heterocycles. The maximum absolute atomic E-state index is 5.30. The van der Waals surface area contributed by atoms with Gasteiger partial charge in [-0.3, -0.25) is 0 Å². The molecule has 250 valence electrons. The molecule has 0 atom stereocenters. The lowest BCUT2D eigenvalue weighted by molar-refractivity contribution is 0.660. The minimum Gasteiger partial charge on any atom is -0.228 e. The summed E-state index contributed by atoms with van der Waals surface area (Å²) in [6.07, 6.45) is 0. The Balaban J connectivity index is 1.12. The molecule has 0 saturated carbocycles. The SMILES string of the molecule is CC1(C)c2ccccc2-c2ccc(-c3ccc(-c4nc(-c5ccc(-c6ccccc6)cc5)cc(-c5ccc6ccccc6c5)n4)c4ccccc34)cc21. The second-order valence-corrected chi connectivity index (χ2v) is 14.6. The Kier molecular flexibility index (Phi) is 7.19. The van der Waals surface area contributed by atoms with Crippen molar-refractivity contribution in [1.82, 2.24) is 9.97 Å². The van der Waals surface area contributed by atoms with Crippen LogP contribution in [0.1, 0.15) is 25.0 Å². The summed E-state index contributed by atoms with van der Waals surface area (Å²) in [5, 5.41) is 4.72. The van der Waals surface area contributed by atoms with Gasteiger partial charge in [0.25, 0.3) is 0 Å². The third-order valence-electron chi connectivity index (χ3n) is 11.1. The fourth-order valence-electron chi connectivity index (χ4n) is 8.29. The smallest absolute Gasteiger partial charge is 0.161 e. The lowest BCUT2D eigenvalue weighted by Crippen LogP contribution is -2.14. The molecule has 0 radical (unpaired) electrons. The predicted molar refractivity (Wildman–Crippen MR) is 222 cm³/mol. The van der Waals surface area contributed by atoms with E-state index in [0.29, 0.717) is 5.82 Å². The van der Waals surface area contributed by atoms with Gasteiger partial charge in [-0.25, -0.2) is 9.97 Å². The minimum atomic E-state index is -0.0651. The largest absolute Gasteiger partial charge is 0.228 e. The van der Waals surface area contributed by atoms with E-state index >= 15 is 0 Å². The van der Waals surface area contributed by atoms with Crippen molar-refractivity contribution in [3.05, 3.63) is 193 Å². The summed E-state index contributed by atoms with van der Waals surface area (Å²) in [6.45, 7) is 4.69. The summed E-state index contributed by atoms with van der Waals surface area (Å²) in [5.74, 6) is 0.714. The van der Waals surface area contributed by atoms with Gasteiger partial charge >= 0.3 is 0 Å². The molecule has 1 aliphatic carbocycles. The van der Waals surface area contributed by atoms with Crippen molar-refractivity contribution >= 4 is 21.5 Å². The second kappa shape index (κ2) is 12.3. The normalized spacial score (nSPS) is 12.9. The van der Waals surface area contributed by atoms with E-state index in [4.69, 9.17) is 9.97 Å². The highest BCUT2D eigenvalue weighted by Gasteiger charge is 2.35. The Hall–Kier alpha value is -6.64. The van der Waals surface area contributed by atoms with Crippen LogP contribution in [-0.2, 0) is 5.41 Å². The number of rotatable bonds is 5. The zero-order chi connectivity index (χ0) is 35.5. The van der Waals surface area contributed by atoms with Crippen LogP contribution in [0.15, 0.2) is 182 Å². The molecule has 0 unspecified atom stereocenters. The molecule has 0 saturated heterocycles. The molecule has 0 spiro atoms. The molecule has 1 aliphatic rings. The van der Waals surface area contributed by atoms with Crippen LogP contribution in [0, 0.1) is 0 Å². The molecule has 1 aromatic heterocycles. The lowest BCUT2D eigenvalue weighted by Gasteiger charge is -2.22. The van der Waals surface area contributed by atoms with Crippen LogP contribution in [-0.4, -0.2) is 9.97 Å². The van der Waals surface area contributed by atoms with Gasteiger partial charge < -0.3 is 0 Å². The fourth-order valence-corrected chi connectivity index (χ4v) is 8.29. The second-order valence-electron chi connectivity index (χ2n) is 14.6. The first-order valence-electron chi connectivity index (χ1n) is 18.3. The Bertz CT molecular complexity index is 2850. The van der Waals surface area contributed by atoms with Crippen molar-refractivity contribution in [3.8, 4) is 67.3 Å². The molecule has 0 amide bonds. The molecule has 2 heteroatoms. The number of benzene rings is 8. The highest BCUT2D eigenvalue weighted by atomic mass is 14.9. The van der Waals surface area contributed by atoms with Crippen LogP contribution >= 0.6 is 0 Å². The standard InChI is InChI=1S/C51H36N2/c1-51(2)46-19-11-10-18-43(46)44-27-26-38(31-47(44)51)40-28-29-45(42-17-9-8-16-41(40)42)50-52-48(36-23-20-35(21-24-36)33-12-4-3-5-13-33)32-49(53-50)39-25-22-34-14-6-7-15-37(34)30-39/h3-32H,1-2H3. The highest BCUT2D eigenvalue weighted by molar-refractivity contribution is 6.05. The van der Waals surface area contributed by atoms with Gasteiger partial charge in [0.05, 0.1) is 11.4 Å². The molecule has 8 aromatic carbocycles. The van der Waals surface area contributed by atoms with Crippen molar-refractivity contribution in [2.24, 2.45) is 0 Å². The molecule has 0 N–H and O–H groups in total. The van der Waals surface area contributed by atoms with Crippen LogP contribution in [0.3, 0.4) is 0 Å². The zero-order valence-corrected chi connectivity index (χ0v) is 29.7. The van der Waals surface area contributed by atoms with Crippen LogP contribution in [0.5, 0.6) is 0 Å². The fraction of sp³-hybridized carbons (Fsp3) is 0.0588. The Morgan fingerprint density at radius 3 is 1.70 bits per heavy atom. The van der Waals surface area contributed by atoms with Crippen LogP contribution in [0.2, 0.25) is 0 Å². The first-order valence-corrected chi connectivity index (χ1v) is 18.3. The van der Waals surface area contributed by atoms with E-state index in [-0.39, 0.29) is 5.41 Å². The molecule has 0 bridgehead atoms.